The lowest BCUT2D eigenvalue weighted by atomic mass is 10.2. The van der Waals surface area contributed by atoms with Crippen LogP contribution in [0.25, 0.3) is 0 Å². The molecule has 2 heterocycles. The summed E-state index contributed by atoms with van der Waals surface area (Å²) < 4.78 is 2.21. The molecule has 0 spiro atoms. The third-order valence-electron chi connectivity index (χ3n) is 1.93. The predicted molar refractivity (Wildman–Crippen MR) is 63.7 cm³/mol. The van der Waals surface area contributed by atoms with Gasteiger partial charge in [-0.2, -0.15) is 5.10 Å². The highest BCUT2D eigenvalue weighted by molar-refractivity contribution is 9.10. The van der Waals surface area contributed by atoms with Crippen molar-refractivity contribution in [3.63, 3.8) is 0 Å². The van der Waals surface area contributed by atoms with E-state index in [2.05, 4.69) is 21.0 Å². The van der Waals surface area contributed by atoms with Crippen molar-refractivity contribution >= 4 is 44.7 Å². The van der Waals surface area contributed by atoms with Crippen molar-refractivity contribution in [2.24, 2.45) is 7.05 Å². The smallest absolute Gasteiger partial charge is 0.223 e. The van der Waals surface area contributed by atoms with Crippen LogP contribution >= 0.6 is 38.9 Å². The van der Waals surface area contributed by atoms with Crippen LogP contribution in [-0.4, -0.2) is 15.6 Å². The third kappa shape index (κ3) is 1.87. The Morgan fingerprint density at radius 3 is 2.87 bits per heavy atom. The van der Waals surface area contributed by atoms with Crippen LogP contribution in [0.4, 0.5) is 0 Å². The number of aryl methyl sites for hydroxylation is 1. The second-order valence-corrected chi connectivity index (χ2v) is 5.07. The Morgan fingerprint density at radius 1 is 1.67 bits per heavy atom. The summed E-state index contributed by atoms with van der Waals surface area (Å²) in [6.45, 7) is 0. The summed E-state index contributed by atoms with van der Waals surface area (Å²) in [5.41, 5.74) is 0.513. The molecule has 2 rings (SSSR count). The zero-order chi connectivity index (χ0) is 11.0. The number of carbonyl (C=O) groups excluding carboxylic acids is 1. The molecular formula is C9H6BrClN2OS. The number of hydrogen-bond donors (Lipinski definition) is 0. The molecular weight excluding hydrogens is 300 g/mol. The summed E-state index contributed by atoms with van der Waals surface area (Å²) in [7, 11) is 1.72. The Morgan fingerprint density at radius 2 is 2.40 bits per heavy atom. The molecule has 78 valence electrons. The summed E-state index contributed by atoms with van der Waals surface area (Å²) in [5.74, 6) is -0.109. The van der Waals surface area contributed by atoms with Gasteiger partial charge in [0.1, 0.15) is 5.69 Å². The van der Waals surface area contributed by atoms with Crippen LogP contribution in [-0.2, 0) is 7.05 Å². The molecule has 0 saturated heterocycles. The van der Waals surface area contributed by atoms with Crippen LogP contribution in [0.1, 0.15) is 15.4 Å². The Bertz CT molecular complexity index is 500. The lowest BCUT2D eigenvalue weighted by molar-refractivity contribution is 0.103. The van der Waals surface area contributed by atoms with Gasteiger partial charge in [0.05, 0.1) is 20.6 Å². The van der Waals surface area contributed by atoms with E-state index in [-0.39, 0.29) is 5.78 Å². The van der Waals surface area contributed by atoms with Gasteiger partial charge in [-0.3, -0.25) is 9.48 Å². The molecule has 0 amide bonds. The number of halogens is 2. The van der Waals surface area contributed by atoms with Gasteiger partial charge in [0.25, 0.3) is 0 Å². The molecule has 0 atom stereocenters. The molecule has 0 aliphatic carbocycles. The van der Waals surface area contributed by atoms with E-state index in [0.717, 1.165) is 0 Å². The van der Waals surface area contributed by atoms with E-state index in [1.165, 1.54) is 16.0 Å². The summed E-state index contributed by atoms with van der Waals surface area (Å²) in [5, 5.41) is 6.26. The average Bonchev–Trinajstić information content (AvgIpc) is 2.73. The molecule has 0 radical (unpaired) electrons. The van der Waals surface area contributed by atoms with Crippen LogP contribution < -0.4 is 0 Å². The highest BCUT2D eigenvalue weighted by Gasteiger charge is 2.20. The Hall–Kier alpha value is -0.650. The normalized spacial score (nSPS) is 10.6. The van der Waals surface area contributed by atoms with Crippen LogP contribution in [0.2, 0.25) is 5.02 Å². The van der Waals surface area contributed by atoms with Crippen molar-refractivity contribution in [2.45, 2.75) is 0 Å². The SMILES string of the molecule is Cn1ncc(Br)c1C(=O)c1sccc1Cl. The fourth-order valence-electron chi connectivity index (χ4n) is 1.23. The molecule has 0 bridgehead atoms. The maximum absolute atomic E-state index is 12.1. The summed E-state index contributed by atoms with van der Waals surface area (Å²) >= 11 is 10.5. The van der Waals surface area contributed by atoms with E-state index in [0.29, 0.717) is 20.1 Å². The highest BCUT2D eigenvalue weighted by atomic mass is 79.9. The predicted octanol–water partition coefficient (Wildman–Crippen LogP) is 3.13. The van der Waals surface area contributed by atoms with Crippen LogP contribution in [0, 0.1) is 0 Å². The minimum Gasteiger partial charge on any atom is -0.286 e. The van der Waals surface area contributed by atoms with E-state index < -0.39 is 0 Å². The van der Waals surface area contributed by atoms with Gasteiger partial charge in [-0.25, -0.2) is 0 Å². The molecule has 6 heteroatoms. The van der Waals surface area contributed by atoms with E-state index in [9.17, 15) is 4.79 Å². The molecule has 0 fully saturated rings. The molecule has 3 nitrogen and oxygen atoms in total. The van der Waals surface area contributed by atoms with E-state index in [4.69, 9.17) is 11.6 Å². The first-order valence-corrected chi connectivity index (χ1v) is 6.11. The lowest BCUT2D eigenvalue weighted by Gasteiger charge is -2.00. The number of hydrogen-bond acceptors (Lipinski definition) is 3. The fourth-order valence-corrected chi connectivity index (χ4v) is 2.84. The largest absolute Gasteiger partial charge is 0.286 e. The van der Waals surface area contributed by atoms with E-state index in [1.54, 1.807) is 24.7 Å². The topological polar surface area (TPSA) is 34.9 Å². The monoisotopic (exact) mass is 304 g/mol. The Balaban J connectivity index is 2.50. The third-order valence-corrected chi connectivity index (χ3v) is 3.85. The lowest BCUT2D eigenvalue weighted by Crippen LogP contribution is -2.07. The molecule has 0 aliphatic heterocycles. The molecule has 2 aromatic heterocycles. The van der Waals surface area contributed by atoms with Crippen molar-refractivity contribution in [3.8, 4) is 0 Å². The Labute approximate surface area is 104 Å². The first kappa shape index (κ1) is 10.9. The van der Waals surface area contributed by atoms with Crippen molar-refractivity contribution in [1.82, 2.24) is 9.78 Å². The molecule has 0 saturated carbocycles. The van der Waals surface area contributed by atoms with Gasteiger partial charge in [0.2, 0.25) is 5.78 Å². The number of aromatic nitrogens is 2. The summed E-state index contributed by atoms with van der Waals surface area (Å²) in [4.78, 5) is 12.6. The second-order valence-electron chi connectivity index (χ2n) is 2.89. The minimum atomic E-state index is -0.109. The highest BCUT2D eigenvalue weighted by Crippen LogP contribution is 2.27. The maximum atomic E-state index is 12.1. The van der Waals surface area contributed by atoms with E-state index in [1.807, 2.05) is 0 Å². The molecule has 15 heavy (non-hydrogen) atoms. The zero-order valence-electron chi connectivity index (χ0n) is 7.70. The van der Waals surface area contributed by atoms with Gasteiger partial charge in [0, 0.05) is 7.05 Å². The number of carbonyl (C=O) groups is 1. The number of ketones is 1. The Kier molecular flexibility index (Phi) is 2.95. The maximum Gasteiger partial charge on any atom is 0.223 e. The van der Waals surface area contributed by atoms with Gasteiger partial charge in [0.15, 0.2) is 0 Å². The quantitative estimate of drug-likeness (QED) is 0.799. The van der Waals surface area contributed by atoms with Gasteiger partial charge < -0.3 is 0 Å². The standard InChI is InChI=1S/C9H6BrClN2OS/c1-13-7(5(10)4-12-13)8(14)9-6(11)2-3-15-9/h2-4H,1H3. The molecule has 0 aliphatic rings. The van der Waals surface area contributed by atoms with Crippen LogP contribution in [0.3, 0.4) is 0 Å². The van der Waals surface area contributed by atoms with Gasteiger partial charge in [-0.05, 0) is 27.4 Å². The molecule has 0 N–H and O–H groups in total. The number of thiophene rings is 1. The first-order valence-electron chi connectivity index (χ1n) is 4.06. The van der Waals surface area contributed by atoms with Crippen LogP contribution in [0.15, 0.2) is 22.1 Å². The van der Waals surface area contributed by atoms with Crippen molar-refractivity contribution in [3.05, 3.63) is 37.7 Å². The molecule has 0 aromatic carbocycles. The van der Waals surface area contributed by atoms with Crippen molar-refractivity contribution in [1.29, 1.82) is 0 Å². The minimum absolute atomic E-state index is 0.109. The number of nitrogens with zero attached hydrogens (tertiary/aromatic N) is 2. The van der Waals surface area contributed by atoms with Gasteiger partial charge in [-0.1, -0.05) is 11.6 Å². The molecule has 2 aromatic rings. The number of rotatable bonds is 2. The fraction of sp³-hybridized carbons (Fsp3) is 0.111. The summed E-state index contributed by atoms with van der Waals surface area (Å²) in [6, 6.07) is 1.71. The van der Waals surface area contributed by atoms with Gasteiger partial charge in [-0.15, -0.1) is 11.3 Å². The average molecular weight is 306 g/mol. The zero-order valence-corrected chi connectivity index (χ0v) is 10.9. The van der Waals surface area contributed by atoms with E-state index >= 15 is 0 Å². The molecule has 0 unspecified atom stereocenters. The second kappa shape index (κ2) is 4.08. The summed E-state index contributed by atoms with van der Waals surface area (Å²) in [6.07, 6.45) is 1.59. The van der Waals surface area contributed by atoms with Crippen molar-refractivity contribution in [2.75, 3.05) is 0 Å². The van der Waals surface area contributed by atoms with Crippen LogP contribution in [0.5, 0.6) is 0 Å². The first-order chi connectivity index (χ1) is 7.11. The van der Waals surface area contributed by atoms with Gasteiger partial charge >= 0.3 is 0 Å². The van der Waals surface area contributed by atoms with Crippen molar-refractivity contribution < 1.29 is 4.79 Å².